The highest BCUT2D eigenvalue weighted by Gasteiger charge is 2.09. The van der Waals surface area contributed by atoms with E-state index in [0.717, 1.165) is 46.2 Å². The van der Waals surface area contributed by atoms with Crippen molar-refractivity contribution in [2.24, 2.45) is 0 Å². The second kappa shape index (κ2) is 7.58. The van der Waals surface area contributed by atoms with E-state index in [1.165, 1.54) is 10.9 Å². The van der Waals surface area contributed by atoms with Crippen molar-refractivity contribution in [1.29, 1.82) is 0 Å². The van der Waals surface area contributed by atoms with Gasteiger partial charge in [-0.15, -0.1) is 10.2 Å². The Balaban J connectivity index is 1.50. The zero-order valence-corrected chi connectivity index (χ0v) is 15.3. The molecule has 0 saturated heterocycles. The van der Waals surface area contributed by atoms with Crippen LogP contribution in [0.1, 0.15) is 18.2 Å². The Morgan fingerprint density at radius 2 is 2.04 bits per heavy atom. The van der Waals surface area contributed by atoms with Gasteiger partial charge in [0.2, 0.25) is 5.13 Å². The van der Waals surface area contributed by atoms with Gasteiger partial charge in [-0.2, -0.15) is 0 Å². The van der Waals surface area contributed by atoms with E-state index in [0.29, 0.717) is 0 Å². The summed E-state index contributed by atoms with van der Waals surface area (Å²) < 4.78 is 0. The van der Waals surface area contributed by atoms with Crippen molar-refractivity contribution in [3.63, 3.8) is 0 Å². The lowest BCUT2D eigenvalue weighted by atomic mass is 10.0. The van der Waals surface area contributed by atoms with E-state index >= 15 is 0 Å². The molecule has 130 valence electrons. The molecule has 0 atom stereocenters. The number of hydrogen-bond donors (Lipinski definition) is 1. The molecule has 0 unspecified atom stereocenters. The van der Waals surface area contributed by atoms with Crippen molar-refractivity contribution < 1.29 is 0 Å². The quantitative estimate of drug-likeness (QED) is 0.553. The van der Waals surface area contributed by atoms with Crippen molar-refractivity contribution in [3.8, 4) is 10.6 Å². The van der Waals surface area contributed by atoms with Crippen LogP contribution >= 0.6 is 11.3 Å². The average molecular weight is 361 g/mol. The Labute approximate surface area is 156 Å². The molecular formula is C20H19N5S. The highest BCUT2D eigenvalue weighted by molar-refractivity contribution is 7.18. The molecule has 3 heterocycles. The van der Waals surface area contributed by atoms with Gasteiger partial charge in [0.25, 0.3) is 0 Å². The molecule has 5 nitrogen and oxygen atoms in total. The van der Waals surface area contributed by atoms with E-state index in [-0.39, 0.29) is 0 Å². The van der Waals surface area contributed by atoms with Gasteiger partial charge in [-0.1, -0.05) is 36.5 Å². The van der Waals surface area contributed by atoms with Gasteiger partial charge in [-0.3, -0.25) is 9.97 Å². The predicted molar refractivity (Wildman–Crippen MR) is 106 cm³/mol. The van der Waals surface area contributed by atoms with Gasteiger partial charge in [0, 0.05) is 48.2 Å². The van der Waals surface area contributed by atoms with Crippen molar-refractivity contribution in [3.05, 3.63) is 66.2 Å². The second-order valence-corrected chi connectivity index (χ2v) is 6.98. The van der Waals surface area contributed by atoms with Gasteiger partial charge >= 0.3 is 0 Å². The van der Waals surface area contributed by atoms with Crippen LogP contribution in [0.4, 0.5) is 5.13 Å². The summed E-state index contributed by atoms with van der Waals surface area (Å²) >= 11 is 1.57. The minimum Gasteiger partial charge on any atom is -0.360 e. The Bertz CT molecular complexity index is 1010. The molecule has 0 aliphatic heterocycles. The molecule has 0 bridgehead atoms. The first kappa shape index (κ1) is 16.6. The number of rotatable bonds is 6. The van der Waals surface area contributed by atoms with Gasteiger partial charge in [-0.25, -0.2) is 0 Å². The third-order valence-electron chi connectivity index (χ3n) is 4.28. The summed E-state index contributed by atoms with van der Waals surface area (Å²) in [7, 11) is 0. The molecular weight excluding hydrogens is 342 g/mol. The van der Waals surface area contributed by atoms with E-state index in [1.807, 2.05) is 36.8 Å². The summed E-state index contributed by atoms with van der Waals surface area (Å²) in [6.45, 7) is 2.94. The van der Waals surface area contributed by atoms with Crippen LogP contribution in [0.5, 0.6) is 0 Å². The lowest BCUT2D eigenvalue weighted by Crippen LogP contribution is -2.05. The average Bonchev–Trinajstić information content (AvgIpc) is 3.17. The summed E-state index contributed by atoms with van der Waals surface area (Å²) in [5.41, 5.74) is 3.41. The van der Waals surface area contributed by atoms with Crippen LogP contribution < -0.4 is 5.32 Å². The van der Waals surface area contributed by atoms with Crippen molar-refractivity contribution in [1.82, 2.24) is 20.2 Å². The normalized spacial score (nSPS) is 11.0. The fourth-order valence-electron chi connectivity index (χ4n) is 2.89. The smallest absolute Gasteiger partial charge is 0.206 e. The lowest BCUT2D eigenvalue weighted by molar-refractivity contribution is 0.950. The highest BCUT2D eigenvalue weighted by Crippen LogP contribution is 2.30. The second-order valence-electron chi connectivity index (χ2n) is 6.00. The molecule has 6 heteroatoms. The van der Waals surface area contributed by atoms with Crippen LogP contribution in [0, 0.1) is 0 Å². The number of aryl methyl sites for hydroxylation is 1. The standard InChI is InChI=1S/C20H19N5S/c1-2-14-12-21-13-16-7-6-15(11-18(14)16)19-24-25-20(26-19)23-10-8-17-5-3-4-9-22-17/h3-7,9,11-13H,2,8,10H2,1H3,(H,23,25). The molecule has 0 amide bonds. The van der Waals surface area contributed by atoms with Crippen LogP contribution in [0.25, 0.3) is 21.3 Å². The molecule has 0 saturated carbocycles. The molecule has 0 radical (unpaired) electrons. The number of nitrogens with zero attached hydrogens (tertiary/aromatic N) is 4. The minimum atomic E-state index is 0.787. The number of nitrogens with one attached hydrogen (secondary N) is 1. The molecule has 0 fully saturated rings. The molecule has 0 aliphatic rings. The maximum Gasteiger partial charge on any atom is 0.206 e. The van der Waals surface area contributed by atoms with E-state index < -0.39 is 0 Å². The zero-order valence-electron chi connectivity index (χ0n) is 14.5. The number of hydrogen-bond acceptors (Lipinski definition) is 6. The third kappa shape index (κ3) is 3.55. The highest BCUT2D eigenvalue weighted by atomic mass is 32.1. The first-order valence-electron chi connectivity index (χ1n) is 8.68. The molecule has 1 aromatic carbocycles. The first-order chi connectivity index (χ1) is 12.8. The Kier molecular flexibility index (Phi) is 4.84. The van der Waals surface area contributed by atoms with Crippen molar-refractivity contribution in [2.75, 3.05) is 11.9 Å². The van der Waals surface area contributed by atoms with Gasteiger partial charge < -0.3 is 5.32 Å². The lowest BCUT2D eigenvalue weighted by Gasteiger charge is -2.05. The minimum absolute atomic E-state index is 0.787. The Morgan fingerprint density at radius 3 is 2.88 bits per heavy atom. The topological polar surface area (TPSA) is 63.6 Å². The van der Waals surface area contributed by atoms with E-state index in [4.69, 9.17) is 0 Å². The van der Waals surface area contributed by atoms with Gasteiger partial charge in [0.15, 0.2) is 0 Å². The SMILES string of the molecule is CCc1cncc2ccc(-c3nnc(NCCc4ccccn4)s3)cc12. The molecule has 26 heavy (non-hydrogen) atoms. The van der Waals surface area contributed by atoms with Gasteiger partial charge in [-0.05, 0) is 35.6 Å². The first-order valence-corrected chi connectivity index (χ1v) is 9.49. The third-order valence-corrected chi connectivity index (χ3v) is 5.21. The fraction of sp³-hybridized carbons (Fsp3) is 0.200. The van der Waals surface area contributed by atoms with Crippen molar-refractivity contribution >= 4 is 27.2 Å². The molecule has 0 aliphatic carbocycles. The Hall–Kier alpha value is -2.86. The number of fused-ring (bicyclic) bond motifs is 1. The summed E-state index contributed by atoms with van der Waals surface area (Å²) in [6.07, 6.45) is 7.49. The van der Waals surface area contributed by atoms with E-state index in [9.17, 15) is 0 Å². The van der Waals surface area contributed by atoms with Crippen LogP contribution in [-0.4, -0.2) is 26.7 Å². The van der Waals surface area contributed by atoms with Crippen LogP contribution in [-0.2, 0) is 12.8 Å². The number of benzene rings is 1. The van der Waals surface area contributed by atoms with Crippen LogP contribution in [0.15, 0.2) is 55.0 Å². The molecule has 4 rings (SSSR count). The predicted octanol–water partition coefficient (Wildman–Crippen LogP) is 4.37. The maximum absolute atomic E-state index is 4.35. The summed E-state index contributed by atoms with van der Waals surface area (Å²) in [5, 5.41) is 16.1. The number of anilines is 1. The Morgan fingerprint density at radius 1 is 1.08 bits per heavy atom. The van der Waals surface area contributed by atoms with Crippen LogP contribution in [0.3, 0.4) is 0 Å². The van der Waals surface area contributed by atoms with E-state index in [1.54, 1.807) is 11.3 Å². The van der Waals surface area contributed by atoms with Crippen LogP contribution in [0.2, 0.25) is 0 Å². The molecule has 3 aromatic heterocycles. The fourth-order valence-corrected chi connectivity index (χ4v) is 3.66. The maximum atomic E-state index is 4.35. The largest absolute Gasteiger partial charge is 0.360 e. The zero-order chi connectivity index (χ0) is 17.8. The summed E-state index contributed by atoms with van der Waals surface area (Å²) in [6, 6.07) is 12.3. The molecule has 0 spiro atoms. The number of aromatic nitrogens is 4. The van der Waals surface area contributed by atoms with Gasteiger partial charge in [0.05, 0.1) is 0 Å². The molecule has 4 aromatic rings. The monoisotopic (exact) mass is 361 g/mol. The molecule has 1 N–H and O–H groups in total. The van der Waals surface area contributed by atoms with E-state index in [2.05, 4.69) is 50.6 Å². The van der Waals surface area contributed by atoms with Crippen molar-refractivity contribution in [2.45, 2.75) is 19.8 Å². The summed E-state index contributed by atoms with van der Waals surface area (Å²) in [5.74, 6) is 0. The van der Waals surface area contributed by atoms with Gasteiger partial charge in [0.1, 0.15) is 5.01 Å². The number of pyridine rings is 2. The summed E-state index contributed by atoms with van der Waals surface area (Å²) in [4.78, 5) is 8.64.